The van der Waals surface area contributed by atoms with E-state index < -0.39 is 84.3 Å². The van der Waals surface area contributed by atoms with Crippen molar-refractivity contribution in [1.29, 1.82) is 0 Å². The van der Waals surface area contributed by atoms with Gasteiger partial charge in [0.2, 0.25) is 0 Å². The van der Waals surface area contributed by atoms with Crippen LogP contribution in [0.3, 0.4) is 0 Å². The van der Waals surface area contributed by atoms with Gasteiger partial charge in [0, 0.05) is 59.5 Å². The average molecular weight is 637 g/mol. The van der Waals surface area contributed by atoms with Gasteiger partial charge in [-0.05, 0) is 48.5 Å². The van der Waals surface area contributed by atoms with E-state index in [1.165, 1.54) is 33.8 Å². The average Bonchev–Trinajstić information content (AvgIpc) is 2.87. The lowest BCUT2D eigenvalue weighted by Crippen LogP contribution is -2.49. The molecule has 0 aromatic rings. The Kier molecular flexibility index (Phi) is 12.7. The molecule has 2 bridgehead atoms. The van der Waals surface area contributed by atoms with Crippen LogP contribution in [0.1, 0.15) is 82.1 Å². The monoisotopic (exact) mass is 636 g/mol. The molecular weight excluding hydrogens is 592 g/mol. The van der Waals surface area contributed by atoms with Crippen molar-refractivity contribution < 1.29 is 62.3 Å². The van der Waals surface area contributed by atoms with E-state index in [1.807, 2.05) is 0 Å². The van der Waals surface area contributed by atoms with Crippen molar-refractivity contribution in [3.8, 4) is 0 Å². The standard InChI is InChI=1S/C32H44O13/c1-15-25(40-17(3)34)12-24-28(43-20(6)37)11-23(14-33)27(42-19(5)36)13-26(41-18(4)35)16(2)30(44-21(7)38)31(45-22(8)39)29(15)32(24,9)10/h11,24-28,31,33H,12-14H2,1-10H3. The highest BCUT2D eigenvalue weighted by molar-refractivity contribution is 5.71. The van der Waals surface area contributed by atoms with Gasteiger partial charge < -0.3 is 33.5 Å². The number of aliphatic hydroxyl groups is 1. The number of rotatable bonds is 7. The Labute approximate surface area is 262 Å². The summed E-state index contributed by atoms with van der Waals surface area (Å²) in [5.41, 5.74) is 0.143. The van der Waals surface area contributed by atoms with E-state index in [9.17, 15) is 33.9 Å². The second-order valence-electron chi connectivity index (χ2n) is 11.8. The summed E-state index contributed by atoms with van der Waals surface area (Å²) in [5.74, 6) is -5.09. The lowest BCUT2D eigenvalue weighted by atomic mass is 9.60. The van der Waals surface area contributed by atoms with Crippen LogP contribution in [0.4, 0.5) is 0 Å². The predicted molar refractivity (Wildman–Crippen MR) is 157 cm³/mol. The second kappa shape index (κ2) is 15.3. The van der Waals surface area contributed by atoms with E-state index in [4.69, 9.17) is 28.4 Å². The van der Waals surface area contributed by atoms with Crippen LogP contribution in [0, 0.1) is 11.3 Å². The number of ether oxygens (including phenoxy) is 6. The van der Waals surface area contributed by atoms with Gasteiger partial charge in [-0.3, -0.25) is 28.8 Å². The molecule has 2 rings (SSSR count). The van der Waals surface area contributed by atoms with Crippen LogP contribution in [0.2, 0.25) is 0 Å². The highest BCUT2D eigenvalue weighted by atomic mass is 16.6. The summed E-state index contributed by atoms with van der Waals surface area (Å²) in [4.78, 5) is 74.4. The molecule has 0 spiro atoms. The minimum absolute atomic E-state index is 0.139. The number of carbonyl (C=O) groups is 6. The number of fused-ring (bicyclic) bond motifs is 2. The molecule has 1 N–H and O–H groups in total. The van der Waals surface area contributed by atoms with E-state index in [-0.39, 0.29) is 29.7 Å². The fourth-order valence-corrected chi connectivity index (χ4v) is 6.15. The summed E-state index contributed by atoms with van der Waals surface area (Å²) in [6, 6.07) is 0. The molecular formula is C32H44O13. The van der Waals surface area contributed by atoms with E-state index in [2.05, 4.69) is 0 Å². The number of aliphatic hydroxyl groups excluding tert-OH is 1. The van der Waals surface area contributed by atoms with Crippen molar-refractivity contribution in [2.75, 3.05) is 6.61 Å². The number of esters is 6. The zero-order valence-electron chi connectivity index (χ0n) is 27.5. The Hall–Kier alpha value is -4.00. The summed E-state index contributed by atoms with van der Waals surface area (Å²) < 4.78 is 34.3. The molecule has 0 saturated heterocycles. The Bertz CT molecular complexity index is 1300. The molecule has 45 heavy (non-hydrogen) atoms. The third kappa shape index (κ3) is 9.49. The summed E-state index contributed by atoms with van der Waals surface area (Å²) in [6.45, 7) is 13.2. The van der Waals surface area contributed by atoms with E-state index in [0.717, 1.165) is 20.8 Å². The van der Waals surface area contributed by atoms with E-state index in [1.54, 1.807) is 20.8 Å². The van der Waals surface area contributed by atoms with Crippen molar-refractivity contribution in [3.05, 3.63) is 34.1 Å². The highest BCUT2D eigenvalue weighted by Gasteiger charge is 2.51. The first-order valence-corrected chi connectivity index (χ1v) is 14.6. The molecule has 13 heteroatoms. The molecule has 2 aliphatic rings. The van der Waals surface area contributed by atoms with E-state index in [0.29, 0.717) is 11.1 Å². The van der Waals surface area contributed by atoms with Gasteiger partial charge in [-0.2, -0.15) is 0 Å². The molecule has 0 amide bonds. The van der Waals surface area contributed by atoms with Crippen LogP contribution < -0.4 is 0 Å². The molecule has 6 atom stereocenters. The van der Waals surface area contributed by atoms with Crippen LogP contribution in [0.5, 0.6) is 0 Å². The van der Waals surface area contributed by atoms with Crippen LogP contribution in [0.25, 0.3) is 0 Å². The van der Waals surface area contributed by atoms with Gasteiger partial charge in [-0.1, -0.05) is 13.8 Å². The fraction of sp³-hybridized carbons (Fsp3) is 0.625. The Morgan fingerprint density at radius 3 is 1.60 bits per heavy atom. The second-order valence-corrected chi connectivity index (χ2v) is 11.8. The minimum Gasteiger partial charge on any atom is -0.458 e. The lowest BCUT2D eigenvalue weighted by Gasteiger charge is -2.48. The zero-order chi connectivity index (χ0) is 34.4. The summed E-state index contributed by atoms with van der Waals surface area (Å²) in [6.07, 6.45) is -4.45. The first-order chi connectivity index (χ1) is 20.8. The van der Waals surface area contributed by atoms with Crippen LogP contribution >= 0.6 is 0 Å². The van der Waals surface area contributed by atoms with Crippen molar-refractivity contribution in [2.24, 2.45) is 11.3 Å². The van der Waals surface area contributed by atoms with Gasteiger partial charge in [0.05, 0.1) is 6.61 Å². The van der Waals surface area contributed by atoms with Gasteiger partial charge in [0.25, 0.3) is 0 Å². The normalized spacial score (nSPS) is 26.7. The first-order valence-electron chi connectivity index (χ1n) is 14.6. The molecule has 0 aliphatic heterocycles. The van der Waals surface area contributed by atoms with Crippen molar-refractivity contribution in [1.82, 2.24) is 0 Å². The highest BCUT2D eigenvalue weighted by Crippen LogP contribution is 2.51. The summed E-state index contributed by atoms with van der Waals surface area (Å²) in [7, 11) is 0. The fourth-order valence-electron chi connectivity index (χ4n) is 6.15. The molecule has 0 heterocycles. The van der Waals surface area contributed by atoms with Crippen molar-refractivity contribution in [3.63, 3.8) is 0 Å². The van der Waals surface area contributed by atoms with Gasteiger partial charge in [-0.25, -0.2) is 0 Å². The number of hydrogen-bond acceptors (Lipinski definition) is 13. The molecule has 13 nitrogen and oxygen atoms in total. The molecule has 6 unspecified atom stereocenters. The molecule has 0 saturated carbocycles. The predicted octanol–water partition coefficient (Wildman–Crippen LogP) is 3.17. The van der Waals surface area contributed by atoms with Crippen LogP contribution in [0.15, 0.2) is 34.1 Å². The third-order valence-electron chi connectivity index (χ3n) is 7.93. The molecule has 2 aliphatic carbocycles. The number of carbonyl (C=O) groups excluding carboxylic acids is 6. The maximum atomic E-state index is 12.6. The molecule has 0 fully saturated rings. The summed E-state index contributed by atoms with van der Waals surface area (Å²) >= 11 is 0. The Morgan fingerprint density at radius 1 is 0.689 bits per heavy atom. The minimum atomic E-state index is -1.40. The SMILES string of the molecule is CC(=O)OC1=C(C)C(OC(C)=O)CC(OC(C)=O)C(CO)=CC(OC(C)=O)C2CC(OC(C)=O)C(C)=C(C1OC(C)=O)C2(C)C. The lowest BCUT2D eigenvalue weighted by molar-refractivity contribution is -0.156. The van der Waals surface area contributed by atoms with Crippen LogP contribution in [-0.4, -0.2) is 78.0 Å². The van der Waals surface area contributed by atoms with Crippen molar-refractivity contribution in [2.45, 2.75) is 113 Å². The van der Waals surface area contributed by atoms with Gasteiger partial charge >= 0.3 is 35.8 Å². The van der Waals surface area contributed by atoms with E-state index >= 15 is 0 Å². The Balaban J connectivity index is 3.21. The van der Waals surface area contributed by atoms with Crippen LogP contribution in [-0.2, 0) is 57.2 Å². The van der Waals surface area contributed by atoms with Gasteiger partial charge in [0.1, 0.15) is 24.4 Å². The molecule has 0 aromatic carbocycles. The Morgan fingerprint density at radius 2 is 1.16 bits per heavy atom. The maximum Gasteiger partial charge on any atom is 0.307 e. The molecule has 0 aromatic heterocycles. The number of hydrogen-bond donors (Lipinski definition) is 1. The topological polar surface area (TPSA) is 178 Å². The van der Waals surface area contributed by atoms with Gasteiger partial charge in [-0.15, -0.1) is 0 Å². The zero-order valence-corrected chi connectivity index (χ0v) is 27.5. The summed E-state index contributed by atoms with van der Waals surface area (Å²) in [5, 5.41) is 10.5. The maximum absolute atomic E-state index is 12.6. The largest absolute Gasteiger partial charge is 0.458 e. The first kappa shape index (κ1) is 37.2. The molecule has 0 radical (unpaired) electrons. The third-order valence-corrected chi connectivity index (χ3v) is 7.93. The molecule has 250 valence electrons. The quantitative estimate of drug-likeness (QED) is 0.245. The van der Waals surface area contributed by atoms with Crippen molar-refractivity contribution >= 4 is 35.8 Å². The smallest absolute Gasteiger partial charge is 0.307 e. The van der Waals surface area contributed by atoms with Gasteiger partial charge in [0.15, 0.2) is 11.9 Å².